The highest BCUT2D eigenvalue weighted by Gasteiger charge is 2.16. The summed E-state index contributed by atoms with van der Waals surface area (Å²) in [5, 5.41) is 1.98. The maximum atomic E-state index is 6.56. The normalized spacial score (nSPS) is 12.4. The van der Waals surface area contributed by atoms with E-state index < -0.39 is 0 Å². The van der Waals surface area contributed by atoms with E-state index in [2.05, 4.69) is 41.2 Å². The van der Waals surface area contributed by atoms with Crippen LogP contribution in [-0.2, 0) is 0 Å². The Morgan fingerprint density at radius 2 is 2.16 bits per heavy atom. The highest BCUT2D eigenvalue weighted by atomic mass is 79.9. The molecule has 1 aromatic heterocycles. The maximum Gasteiger partial charge on any atom is 0.133 e. The van der Waals surface area contributed by atoms with Crippen LogP contribution in [0.1, 0.15) is 34.7 Å². The van der Waals surface area contributed by atoms with Crippen molar-refractivity contribution in [2.24, 2.45) is 0 Å². The molecule has 0 radical (unpaired) electrons. The molecule has 0 spiro atoms. The topological polar surface area (TPSA) is 9.23 Å². The second-order valence-electron chi connectivity index (χ2n) is 4.37. The smallest absolute Gasteiger partial charge is 0.133 e. The highest BCUT2D eigenvalue weighted by molar-refractivity contribution is 9.10. The summed E-state index contributed by atoms with van der Waals surface area (Å²) in [6.07, 6.45) is 1.00. The van der Waals surface area contributed by atoms with E-state index in [4.69, 9.17) is 16.3 Å². The van der Waals surface area contributed by atoms with Gasteiger partial charge in [0.25, 0.3) is 0 Å². The summed E-state index contributed by atoms with van der Waals surface area (Å²) in [4.78, 5) is 1.20. The Bertz CT molecular complexity index is 553. The minimum absolute atomic E-state index is 0.100. The minimum atomic E-state index is -0.100. The third-order valence-electron chi connectivity index (χ3n) is 2.84. The quantitative estimate of drug-likeness (QED) is 0.601. The summed E-state index contributed by atoms with van der Waals surface area (Å²) in [6.45, 7) is 4.91. The number of rotatable bonds is 5. The molecule has 0 saturated carbocycles. The van der Waals surface area contributed by atoms with Gasteiger partial charge in [-0.25, -0.2) is 0 Å². The van der Waals surface area contributed by atoms with E-state index in [1.165, 1.54) is 10.4 Å². The largest absolute Gasteiger partial charge is 0.492 e. The zero-order valence-electron chi connectivity index (χ0n) is 11.0. The summed E-state index contributed by atoms with van der Waals surface area (Å²) in [5.41, 5.74) is 2.33. The van der Waals surface area contributed by atoms with Gasteiger partial charge in [-0.15, -0.1) is 22.9 Å². The van der Waals surface area contributed by atoms with Crippen LogP contribution in [0.25, 0.3) is 0 Å². The van der Waals surface area contributed by atoms with Gasteiger partial charge in [0.2, 0.25) is 0 Å². The molecule has 1 heterocycles. The molecule has 4 heteroatoms. The molecule has 2 aromatic rings. The van der Waals surface area contributed by atoms with Gasteiger partial charge < -0.3 is 4.74 Å². The second kappa shape index (κ2) is 6.78. The van der Waals surface area contributed by atoms with Crippen molar-refractivity contribution >= 4 is 38.9 Å². The highest BCUT2D eigenvalue weighted by Crippen LogP contribution is 2.37. The molecule has 0 N–H and O–H groups in total. The van der Waals surface area contributed by atoms with Gasteiger partial charge in [-0.05, 0) is 64.0 Å². The molecule has 1 aromatic carbocycles. The van der Waals surface area contributed by atoms with Gasteiger partial charge >= 0.3 is 0 Å². The van der Waals surface area contributed by atoms with Crippen LogP contribution in [0.15, 0.2) is 34.1 Å². The Morgan fingerprint density at radius 3 is 2.74 bits per heavy atom. The Balaban J connectivity index is 2.22. The first-order valence-electron chi connectivity index (χ1n) is 6.23. The summed E-state index contributed by atoms with van der Waals surface area (Å²) in [7, 11) is 0. The SMILES string of the molecule is CCCOc1ccc(C(Cl)c2sccc2C)cc1Br. The van der Waals surface area contributed by atoms with Crippen LogP contribution >= 0.6 is 38.9 Å². The summed E-state index contributed by atoms with van der Waals surface area (Å²) in [5.74, 6) is 0.873. The third-order valence-corrected chi connectivity index (χ3v) is 5.15. The van der Waals surface area contributed by atoms with Crippen molar-refractivity contribution < 1.29 is 4.74 Å². The zero-order chi connectivity index (χ0) is 13.8. The first kappa shape index (κ1) is 14.9. The van der Waals surface area contributed by atoms with Crippen LogP contribution < -0.4 is 4.74 Å². The molecule has 0 aliphatic carbocycles. The van der Waals surface area contributed by atoms with Gasteiger partial charge in [0.1, 0.15) is 5.75 Å². The number of ether oxygens (including phenoxy) is 1. The minimum Gasteiger partial charge on any atom is -0.492 e. The number of benzene rings is 1. The average Bonchev–Trinajstić information content (AvgIpc) is 2.82. The lowest BCUT2D eigenvalue weighted by molar-refractivity contribution is 0.315. The van der Waals surface area contributed by atoms with Crippen molar-refractivity contribution in [2.75, 3.05) is 6.61 Å². The fourth-order valence-electron chi connectivity index (χ4n) is 1.80. The molecule has 19 heavy (non-hydrogen) atoms. The lowest BCUT2D eigenvalue weighted by Gasteiger charge is -2.12. The molecule has 102 valence electrons. The monoisotopic (exact) mass is 358 g/mol. The Morgan fingerprint density at radius 1 is 1.37 bits per heavy atom. The van der Waals surface area contributed by atoms with Crippen LogP contribution in [0.4, 0.5) is 0 Å². The fraction of sp³-hybridized carbons (Fsp3) is 0.333. The van der Waals surface area contributed by atoms with Gasteiger partial charge in [-0.1, -0.05) is 13.0 Å². The van der Waals surface area contributed by atoms with Crippen molar-refractivity contribution in [1.29, 1.82) is 0 Å². The van der Waals surface area contributed by atoms with Crippen LogP contribution in [0, 0.1) is 6.92 Å². The number of aryl methyl sites for hydroxylation is 1. The lowest BCUT2D eigenvalue weighted by Crippen LogP contribution is -1.97. The molecule has 1 unspecified atom stereocenters. The van der Waals surface area contributed by atoms with Crippen molar-refractivity contribution in [3.63, 3.8) is 0 Å². The van der Waals surface area contributed by atoms with Crippen LogP contribution in [0.5, 0.6) is 5.75 Å². The van der Waals surface area contributed by atoms with Crippen molar-refractivity contribution in [3.05, 3.63) is 50.1 Å². The number of hydrogen-bond donors (Lipinski definition) is 0. The Hall–Kier alpha value is -0.510. The number of alkyl halides is 1. The second-order valence-corrected chi connectivity index (χ2v) is 6.61. The number of hydrogen-bond acceptors (Lipinski definition) is 2. The van der Waals surface area contributed by atoms with Crippen molar-refractivity contribution in [2.45, 2.75) is 25.6 Å². The van der Waals surface area contributed by atoms with Crippen molar-refractivity contribution in [3.8, 4) is 5.75 Å². The molecule has 0 bridgehead atoms. The van der Waals surface area contributed by atoms with Crippen LogP contribution in [0.2, 0.25) is 0 Å². The molecule has 2 rings (SSSR count). The number of halogens is 2. The van der Waals surface area contributed by atoms with Crippen LogP contribution in [-0.4, -0.2) is 6.61 Å². The molecule has 0 aliphatic rings. The maximum absolute atomic E-state index is 6.56. The van der Waals surface area contributed by atoms with E-state index in [1.54, 1.807) is 11.3 Å². The predicted molar refractivity (Wildman–Crippen MR) is 86.7 cm³/mol. The van der Waals surface area contributed by atoms with E-state index in [-0.39, 0.29) is 5.38 Å². The molecule has 1 atom stereocenters. The Kier molecular flexibility index (Phi) is 5.31. The van der Waals surface area contributed by atoms with Gasteiger partial charge in [0.05, 0.1) is 16.5 Å². The summed E-state index contributed by atoms with van der Waals surface area (Å²) < 4.78 is 6.60. The van der Waals surface area contributed by atoms with Gasteiger partial charge in [-0.2, -0.15) is 0 Å². The van der Waals surface area contributed by atoms with Gasteiger partial charge in [0.15, 0.2) is 0 Å². The standard InChI is InChI=1S/C15H16BrClOS/c1-3-7-18-13-5-4-11(9-12(13)16)14(17)15-10(2)6-8-19-15/h4-6,8-9,14H,3,7H2,1-2H3. The molecular weight excluding hydrogens is 344 g/mol. The molecule has 0 amide bonds. The van der Waals surface area contributed by atoms with E-state index in [9.17, 15) is 0 Å². The summed E-state index contributed by atoms with van der Waals surface area (Å²) >= 11 is 11.8. The first-order chi connectivity index (χ1) is 9.13. The van der Waals surface area contributed by atoms with Gasteiger partial charge in [0, 0.05) is 4.88 Å². The molecule has 0 saturated heterocycles. The van der Waals surface area contributed by atoms with Gasteiger partial charge in [-0.3, -0.25) is 0 Å². The first-order valence-corrected chi connectivity index (χ1v) is 8.34. The van der Waals surface area contributed by atoms with E-state index >= 15 is 0 Å². The van der Waals surface area contributed by atoms with E-state index in [0.29, 0.717) is 0 Å². The van der Waals surface area contributed by atoms with Crippen LogP contribution in [0.3, 0.4) is 0 Å². The Labute approximate surface area is 131 Å². The fourth-order valence-corrected chi connectivity index (χ4v) is 3.70. The average molecular weight is 360 g/mol. The number of thiophene rings is 1. The molecule has 0 fully saturated rings. The molecular formula is C15H16BrClOS. The molecule has 0 aliphatic heterocycles. The van der Waals surface area contributed by atoms with Crippen molar-refractivity contribution in [1.82, 2.24) is 0 Å². The predicted octanol–water partition coefficient (Wildman–Crippen LogP) is 5.94. The van der Waals surface area contributed by atoms with E-state index in [1.807, 2.05) is 18.2 Å². The molecule has 1 nitrogen and oxygen atoms in total. The van der Waals surface area contributed by atoms with E-state index in [0.717, 1.165) is 28.8 Å². The zero-order valence-corrected chi connectivity index (χ0v) is 14.1. The summed E-state index contributed by atoms with van der Waals surface area (Å²) in [6, 6.07) is 8.16. The third kappa shape index (κ3) is 3.53. The lowest BCUT2D eigenvalue weighted by atomic mass is 10.1.